The molecule has 1 atom stereocenters. The number of nitrogens with zero attached hydrogens (tertiary/aromatic N) is 1. The van der Waals surface area contributed by atoms with Crippen LogP contribution in [0.3, 0.4) is 0 Å². The van der Waals surface area contributed by atoms with Crippen LogP contribution in [0.15, 0.2) is 18.2 Å². The van der Waals surface area contributed by atoms with Crippen LogP contribution < -0.4 is 10.5 Å². The minimum atomic E-state index is 0.185. The maximum absolute atomic E-state index is 9.48. The van der Waals surface area contributed by atoms with E-state index in [1.807, 2.05) is 12.1 Å². The molecule has 1 aromatic carbocycles. The van der Waals surface area contributed by atoms with Crippen molar-refractivity contribution in [2.45, 2.75) is 19.0 Å². The zero-order valence-electron chi connectivity index (χ0n) is 9.52. The fourth-order valence-corrected chi connectivity index (χ4v) is 2.08. The lowest BCUT2D eigenvalue weighted by molar-refractivity contribution is 0.324. The highest BCUT2D eigenvalue weighted by molar-refractivity contribution is 5.41. The van der Waals surface area contributed by atoms with E-state index in [-0.39, 0.29) is 5.75 Å². The van der Waals surface area contributed by atoms with Gasteiger partial charge in [0.1, 0.15) is 0 Å². The van der Waals surface area contributed by atoms with Gasteiger partial charge in [-0.05, 0) is 24.1 Å². The molecule has 4 nitrogen and oxygen atoms in total. The number of methoxy groups -OCH3 is 1. The molecule has 0 aromatic heterocycles. The first-order valence-corrected chi connectivity index (χ1v) is 5.53. The van der Waals surface area contributed by atoms with Crippen LogP contribution >= 0.6 is 0 Å². The topological polar surface area (TPSA) is 58.7 Å². The minimum Gasteiger partial charge on any atom is -0.504 e. The summed E-state index contributed by atoms with van der Waals surface area (Å²) in [7, 11) is 1.56. The summed E-state index contributed by atoms with van der Waals surface area (Å²) in [5, 5.41) is 9.48. The van der Waals surface area contributed by atoms with Crippen LogP contribution in [0.2, 0.25) is 0 Å². The van der Waals surface area contributed by atoms with Crippen molar-refractivity contribution in [3.63, 3.8) is 0 Å². The van der Waals surface area contributed by atoms with Gasteiger partial charge in [0, 0.05) is 25.7 Å². The largest absolute Gasteiger partial charge is 0.504 e. The quantitative estimate of drug-likeness (QED) is 0.799. The molecular weight excluding hydrogens is 204 g/mol. The van der Waals surface area contributed by atoms with E-state index in [4.69, 9.17) is 10.5 Å². The van der Waals surface area contributed by atoms with Crippen LogP contribution in [0.25, 0.3) is 0 Å². The van der Waals surface area contributed by atoms with E-state index in [0.29, 0.717) is 11.8 Å². The maximum Gasteiger partial charge on any atom is 0.160 e. The fourth-order valence-electron chi connectivity index (χ4n) is 2.08. The predicted octanol–water partition coefficient (Wildman–Crippen LogP) is 0.934. The number of hydrogen-bond donors (Lipinski definition) is 2. The number of benzene rings is 1. The Morgan fingerprint density at radius 1 is 1.56 bits per heavy atom. The zero-order chi connectivity index (χ0) is 11.5. The lowest BCUT2D eigenvalue weighted by atomic mass is 10.2. The Labute approximate surface area is 95.6 Å². The third-order valence-electron chi connectivity index (χ3n) is 2.96. The van der Waals surface area contributed by atoms with Crippen molar-refractivity contribution in [2.24, 2.45) is 5.73 Å². The molecule has 1 aliphatic heterocycles. The Hall–Kier alpha value is -1.26. The third kappa shape index (κ3) is 2.46. The van der Waals surface area contributed by atoms with Crippen molar-refractivity contribution in [1.82, 2.24) is 4.90 Å². The second-order valence-corrected chi connectivity index (χ2v) is 4.29. The van der Waals surface area contributed by atoms with E-state index in [2.05, 4.69) is 4.90 Å². The molecule has 1 aromatic rings. The molecule has 0 bridgehead atoms. The van der Waals surface area contributed by atoms with Crippen molar-refractivity contribution in [1.29, 1.82) is 0 Å². The average molecular weight is 222 g/mol. The molecule has 0 saturated carbocycles. The standard InChI is InChI=1S/C12H18N2O2/c1-16-12-6-9(2-3-11(12)15)7-14-5-4-10(13)8-14/h2-3,6,10,15H,4-5,7-8,13H2,1H3. The van der Waals surface area contributed by atoms with E-state index in [9.17, 15) is 5.11 Å². The number of phenols is 1. The Morgan fingerprint density at radius 2 is 2.38 bits per heavy atom. The Kier molecular flexibility index (Phi) is 3.31. The van der Waals surface area contributed by atoms with E-state index >= 15 is 0 Å². The molecule has 88 valence electrons. The summed E-state index contributed by atoms with van der Waals surface area (Å²) in [6, 6.07) is 5.77. The van der Waals surface area contributed by atoms with Crippen LogP contribution in [0.1, 0.15) is 12.0 Å². The molecule has 1 saturated heterocycles. The van der Waals surface area contributed by atoms with Gasteiger partial charge in [0.2, 0.25) is 0 Å². The lowest BCUT2D eigenvalue weighted by Gasteiger charge is -2.15. The maximum atomic E-state index is 9.48. The Morgan fingerprint density at radius 3 is 3.00 bits per heavy atom. The Bertz CT molecular complexity index is 368. The number of hydrogen-bond acceptors (Lipinski definition) is 4. The molecule has 0 aliphatic carbocycles. The molecule has 1 fully saturated rings. The van der Waals surface area contributed by atoms with Crippen molar-refractivity contribution in [3.05, 3.63) is 23.8 Å². The van der Waals surface area contributed by atoms with Gasteiger partial charge in [0.05, 0.1) is 7.11 Å². The van der Waals surface area contributed by atoms with Gasteiger partial charge in [-0.15, -0.1) is 0 Å². The van der Waals surface area contributed by atoms with Crippen LogP contribution in [-0.4, -0.2) is 36.2 Å². The van der Waals surface area contributed by atoms with Crippen LogP contribution in [0, 0.1) is 0 Å². The van der Waals surface area contributed by atoms with Gasteiger partial charge in [-0.3, -0.25) is 4.90 Å². The zero-order valence-corrected chi connectivity index (χ0v) is 9.52. The smallest absolute Gasteiger partial charge is 0.160 e. The molecule has 0 amide bonds. The number of nitrogens with two attached hydrogens (primary N) is 1. The van der Waals surface area contributed by atoms with Crippen molar-refractivity contribution in [2.75, 3.05) is 20.2 Å². The molecular formula is C12H18N2O2. The van der Waals surface area contributed by atoms with Crippen LogP contribution in [-0.2, 0) is 6.54 Å². The first-order chi connectivity index (χ1) is 7.69. The SMILES string of the molecule is COc1cc(CN2CCC(N)C2)ccc1O. The molecule has 1 unspecified atom stereocenters. The molecule has 0 spiro atoms. The monoisotopic (exact) mass is 222 g/mol. The predicted molar refractivity (Wildman–Crippen MR) is 62.5 cm³/mol. The number of aromatic hydroxyl groups is 1. The van der Waals surface area contributed by atoms with Gasteiger partial charge < -0.3 is 15.6 Å². The molecule has 3 N–H and O–H groups in total. The molecule has 4 heteroatoms. The highest BCUT2D eigenvalue weighted by atomic mass is 16.5. The summed E-state index contributed by atoms with van der Waals surface area (Å²) >= 11 is 0. The molecule has 1 heterocycles. The highest BCUT2D eigenvalue weighted by Crippen LogP contribution is 2.27. The minimum absolute atomic E-state index is 0.185. The van der Waals surface area contributed by atoms with Crippen LogP contribution in [0.5, 0.6) is 11.5 Å². The first-order valence-electron chi connectivity index (χ1n) is 5.53. The van der Waals surface area contributed by atoms with E-state index in [1.54, 1.807) is 13.2 Å². The Balaban J connectivity index is 2.04. The number of ether oxygens (including phenoxy) is 1. The number of phenolic OH excluding ortho intramolecular Hbond substituents is 1. The summed E-state index contributed by atoms with van der Waals surface area (Å²) in [6.45, 7) is 2.86. The first kappa shape index (κ1) is 11.2. The average Bonchev–Trinajstić information content (AvgIpc) is 2.67. The van der Waals surface area contributed by atoms with Crippen molar-refractivity contribution < 1.29 is 9.84 Å². The third-order valence-corrected chi connectivity index (χ3v) is 2.96. The van der Waals surface area contributed by atoms with E-state index < -0.39 is 0 Å². The highest BCUT2D eigenvalue weighted by Gasteiger charge is 2.19. The normalized spacial score (nSPS) is 21.2. The summed E-state index contributed by atoms with van der Waals surface area (Å²) in [4.78, 5) is 2.32. The fraction of sp³-hybridized carbons (Fsp3) is 0.500. The van der Waals surface area contributed by atoms with Gasteiger partial charge in [-0.2, -0.15) is 0 Å². The molecule has 1 aliphatic rings. The van der Waals surface area contributed by atoms with E-state index in [0.717, 1.165) is 31.6 Å². The summed E-state index contributed by atoms with van der Waals surface area (Å²) in [6.07, 6.45) is 1.06. The van der Waals surface area contributed by atoms with Gasteiger partial charge >= 0.3 is 0 Å². The molecule has 2 rings (SSSR count). The number of rotatable bonds is 3. The van der Waals surface area contributed by atoms with Gasteiger partial charge in [0.15, 0.2) is 11.5 Å². The summed E-state index contributed by atoms with van der Waals surface area (Å²) < 4.78 is 5.08. The second-order valence-electron chi connectivity index (χ2n) is 4.29. The second kappa shape index (κ2) is 4.72. The van der Waals surface area contributed by atoms with Crippen LogP contribution in [0.4, 0.5) is 0 Å². The summed E-state index contributed by atoms with van der Waals surface area (Å²) in [5.74, 6) is 0.713. The van der Waals surface area contributed by atoms with Gasteiger partial charge in [-0.25, -0.2) is 0 Å². The van der Waals surface area contributed by atoms with Crippen molar-refractivity contribution >= 4 is 0 Å². The molecule has 16 heavy (non-hydrogen) atoms. The lowest BCUT2D eigenvalue weighted by Crippen LogP contribution is -2.26. The number of likely N-dealkylation sites (tertiary alicyclic amines) is 1. The van der Waals surface area contributed by atoms with Gasteiger partial charge in [0.25, 0.3) is 0 Å². The summed E-state index contributed by atoms with van der Waals surface area (Å²) in [5.41, 5.74) is 6.99. The molecule has 0 radical (unpaired) electrons. The van der Waals surface area contributed by atoms with Gasteiger partial charge in [-0.1, -0.05) is 6.07 Å². The van der Waals surface area contributed by atoms with E-state index in [1.165, 1.54) is 0 Å². The van der Waals surface area contributed by atoms with Crippen molar-refractivity contribution in [3.8, 4) is 11.5 Å².